The first-order valence-corrected chi connectivity index (χ1v) is 7.10. The van der Waals surface area contributed by atoms with Crippen molar-refractivity contribution in [3.8, 4) is 0 Å². The maximum Gasteiger partial charge on any atom is 0.128 e. The van der Waals surface area contributed by atoms with Gasteiger partial charge in [0.05, 0.1) is 10.6 Å². The molecule has 3 heteroatoms. The second-order valence-corrected chi connectivity index (χ2v) is 6.49. The Bertz CT molecular complexity index is 476. The minimum atomic E-state index is -0.0946. The van der Waals surface area contributed by atoms with Crippen LogP contribution in [0.4, 0.5) is 0 Å². The van der Waals surface area contributed by atoms with Gasteiger partial charge in [0.1, 0.15) is 12.3 Å². The second-order valence-electron chi connectivity index (χ2n) is 6.06. The molecule has 1 aromatic carbocycles. The van der Waals surface area contributed by atoms with Crippen molar-refractivity contribution in [3.63, 3.8) is 0 Å². The SMILES string of the molecule is Cc1ccc(C2C(Cl)=CON2C(C)(C)C(C)C)cc1. The molecule has 19 heavy (non-hydrogen) atoms. The first kappa shape index (κ1) is 14.4. The van der Waals surface area contributed by atoms with Gasteiger partial charge in [0, 0.05) is 0 Å². The Balaban J connectivity index is 2.35. The molecule has 0 saturated heterocycles. The van der Waals surface area contributed by atoms with E-state index in [9.17, 15) is 0 Å². The van der Waals surface area contributed by atoms with Crippen molar-refractivity contribution < 1.29 is 4.84 Å². The van der Waals surface area contributed by atoms with Gasteiger partial charge in [0.2, 0.25) is 0 Å². The predicted octanol–water partition coefficient (Wildman–Crippen LogP) is 4.80. The zero-order valence-electron chi connectivity index (χ0n) is 12.3. The van der Waals surface area contributed by atoms with E-state index in [2.05, 4.69) is 58.9 Å². The Labute approximate surface area is 121 Å². The van der Waals surface area contributed by atoms with Gasteiger partial charge < -0.3 is 4.84 Å². The van der Waals surface area contributed by atoms with Crippen LogP contribution in [0.3, 0.4) is 0 Å². The van der Waals surface area contributed by atoms with Crippen LogP contribution >= 0.6 is 11.6 Å². The average molecular weight is 280 g/mol. The Hall–Kier alpha value is -0.990. The summed E-state index contributed by atoms with van der Waals surface area (Å²) in [5, 5.41) is 2.74. The second kappa shape index (κ2) is 5.18. The van der Waals surface area contributed by atoms with E-state index in [1.807, 2.05) is 5.06 Å². The van der Waals surface area contributed by atoms with Gasteiger partial charge in [0.15, 0.2) is 0 Å². The summed E-state index contributed by atoms with van der Waals surface area (Å²) in [6.45, 7) is 10.8. The van der Waals surface area contributed by atoms with Crippen LogP contribution in [-0.4, -0.2) is 10.6 Å². The number of rotatable bonds is 3. The van der Waals surface area contributed by atoms with Crippen LogP contribution in [0.25, 0.3) is 0 Å². The summed E-state index contributed by atoms with van der Waals surface area (Å²) < 4.78 is 0. The highest BCUT2D eigenvalue weighted by Crippen LogP contribution is 2.43. The number of hydrogen-bond acceptors (Lipinski definition) is 2. The normalized spacial score (nSPS) is 20.6. The largest absolute Gasteiger partial charge is 0.411 e. The van der Waals surface area contributed by atoms with Crippen LogP contribution in [-0.2, 0) is 4.84 Å². The third kappa shape index (κ3) is 2.65. The summed E-state index contributed by atoms with van der Waals surface area (Å²) in [7, 11) is 0. The van der Waals surface area contributed by atoms with Gasteiger partial charge >= 0.3 is 0 Å². The molecule has 0 N–H and O–H groups in total. The fourth-order valence-electron chi connectivity index (χ4n) is 2.11. The van der Waals surface area contributed by atoms with Crippen LogP contribution in [0.15, 0.2) is 35.6 Å². The van der Waals surface area contributed by atoms with Gasteiger partial charge in [-0.25, -0.2) is 0 Å². The molecule has 0 spiro atoms. The molecule has 0 aromatic heterocycles. The van der Waals surface area contributed by atoms with Gasteiger partial charge in [-0.15, -0.1) is 5.06 Å². The van der Waals surface area contributed by atoms with E-state index >= 15 is 0 Å². The summed E-state index contributed by atoms with van der Waals surface area (Å²) in [6.07, 6.45) is 1.65. The van der Waals surface area contributed by atoms with E-state index < -0.39 is 0 Å². The molecule has 1 aliphatic heterocycles. The zero-order valence-corrected chi connectivity index (χ0v) is 13.0. The Morgan fingerprint density at radius 1 is 1.21 bits per heavy atom. The van der Waals surface area contributed by atoms with Crippen LogP contribution in [0.5, 0.6) is 0 Å². The minimum absolute atomic E-state index is 0.0142. The molecule has 1 aliphatic rings. The maximum absolute atomic E-state index is 6.35. The Kier molecular flexibility index (Phi) is 3.93. The summed E-state index contributed by atoms with van der Waals surface area (Å²) in [4.78, 5) is 5.73. The lowest BCUT2D eigenvalue weighted by Crippen LogP contribution is -2.47. The quantitative estimate of drug-likeness (QED) is 0.788. The van der Waals surface area contributed by atoms with Crippen molar-refractivity contribution in [3.05, 3.63) is 46.7 Å². The van der Waals surface area contributed by atoms with Gasteiger partial charge in [0.25, 0.3) is 0 Å². The highest BCUT2D eigenvalue weighted by molar-refractivity contribution is 6.30. The summed E-state index contributed by atoms with van der Waals surface area (Å²) in [5.41, 5.74) is 2.32. The van der Waals surface area contributed by atoms with Gasteiger partial charge in [-0.2, -0.15) is 0 Å². The molecule has 1 heterocycles. The molecule has 1 atom stereocenters. The maximum atomic E-state index is 6.35. The molecule has 0 fully saturated rings. The lowest BCUT2D eigenvalue weighted by molar-refractivity contribution is -0.187. The number of benzene rings is 1. The van der Waals surface area contributed by atoms with Crippen LogP contribution < -0.4 is 0 Å². The lowest BCUT2D eigenvalue weighted by Gasteiger charge is -2.40. The molecule has 0 amide bonds. The molecule has 0 aliphatic carbocycles. The summed E-state index contributed by atoms with van der Waals surface area (Å²) in [6, 6.07) is 8.44. The van der Waals surface area contributed by atoms with E-state index in [1.165, 1.54) is 5.56 Å². The highest BCUT2D eigenvalue weighted by Gasteiger charge is 2.42. The topological polar surface area (TPSA) is 12.5 Å². The molecule has 0 bridgehead atoms. The molecule has 0 radical (unpaired) electrons. The number of hydrogen-bond donors (Lipinski definition) is 0. The fraction of sp³-hybridized carbons (Fsp3) is 0.500. The lowest BCUT2D eigenvalue weighted by atomic mass is 9.88. The molecule has 1 aromatic rings. The van der Waals surface area contributed by atoms with Crippen LogP contribution in [0.2, 0.25) is 0 Å². The van der Waals surface area contributed by atoms with Gasteiger partial charge in [-0.1, -0.05) is 55.3 Å². The predicted molar refractivity (Wildman–Crippen MR) is 79.7 cm³/mol. The number of halogens is 1. The smallest absolute Gasteiger partial charge is 0.128 e. The molecule has 104 valence electrons. The average Bonchev–Trinajstić information content (AvgIpc) is 2.72. The molecular weight excluding hydrogens is 258 g/mol. The van der Waals surface area contributed by atoms with Crippen LogP contribution in [0.1, 0.15) is 44.9 Å². The first-order chi connectivity index (χ1) is 8.84. The molecule has 2 rings (SSSR count). The van der Waals surface area contributed by atoms with Gasteiger partial charge in [-0.3, -0.25) is 0 Å². The van der Waals surface area contributed by atoms with E-state index in [1.54, 1.807) is 6.26 Å². The summed E-state index contributed by atoms with van der Waals surface area (Å²) in [5.74, 6) is 0.455. The van der Waals surface area contributed by atoms with E-state index in [0.717, 1.165) is 10.6 Å². The number of nitrogens with zero attached hydrogens (tertiary/aromatic N) is 1. The van der Waals surface area contributed by atoms with Crippen molar-refractivity contribution in [2.75, 3.05) is 0 Å². The Morgan fingerprint density at radius 3 is 2.32 bits per heavy atom. The van der Waals surface area contributed by atoms with Crippen LogP contribution in [0, 0.1) is 12.8 Å². The molecule has 1 unspecified atom stereocenters. The minimum Gasteiger partial charge on any atom is -0.411 e. The van der Waals surface area contributed by atoms with Crippen molar-refractivity contribution in [2.24, 2.45) is 5.92 Å². The van der Waals surface area contributed by atoms with E-state index in [4.69, 9.17) is 16.4 Å². The van der Waals surface area contributed by atoms with Crippen molar-refractivity contribution in [2.45, 2.75) is 46.2 Å². The van der Waals surface area contributed by atoms with Gasteiger partial charge in [-0.05, 0) is 32.3 Å². The van der Waals surface area contributed by atoms with Crippen molar-refractivity contribution in [1.82, 2.24) is 5.06 Å². The number of hydroxylamine groups is 2. The third-order valence-electron chi connectivity index (χ3n) is 4.15. The van der Waals surface area contributed by atoms with Crippen molar-refractivity contribution in [1.29, 1.82) is 0 Å². The summed E-state index contributed by atoms with van der Waals surface area (Å²) >= 11 is 6.35. The number of aryl methyl sites for hydroxylation is 1. The standard InChI is InChI=1S/C16H22ClNO/c1-11(2)16(4,5)18-15(14(17)10-19-18)13-8-6-12(3)7-9-13/h6-11,15H,1-5H3. The van der Waals surface area contributed by atoms with Crippen molar-refractivity contribution >= 4 is 11.6 Å². The molecular formula is C16H22ClNO. The zero-order chi connectivity index (χ0) is 14.2. The first-order valence-electron chi connectivity index (χ1n) is 6.72. The molecule has 0 saturated carbocycles. The fourth-order valence-corrected chi connectivity index (χ4v) is 2.37. The monoisotopic (exact) mass is 279 g/mol. The van der Waals surface area contributed by atoms with E-state index in [0.29, 0.717) is 5.92 Å². The molecule has 2 nitrogen and oxygen atoms in total. The van der Waals surface area contributed by atoms with E-state index in [-0.39, 0.29) is 11.6 Å². The highest BCUT2D eigenvalue weighted by atomic mass is 35.5. The Morgan fingerprint density at radius 2 is 1.79 bits per heavy atom. The third-order valence-corrected chi connectivity index (χ3v) is 4.44.